The number of anilines is 1. The molecule has 0 aliphatic heterocycles. The summed E-state index contributed by atoms with van der Waals surface area (Å²) in [6.45, 7) is 8.47. The van der Waals surface area contributed by atoms with Crippen molar-refractivity contribution in [2.45, 2.75) is 40.2 Å². The van der Waals surface area contributed by atoms with E-state index in [1.807, 2.05) is 6.07 Å². The van der Waals surface area contributed by atoms with Crippen LogP contribution in [0.5, 0.6) is 0 Å². The minimum absolute atomic E-state index is 0.339. The Bertz CT molecular complexity index is 553. The standard InChI is InChI=1S/C15H21N3/c1-5-13-17-14(15(16)18(13)10(2)3)12-8-6-7-11(4)9-12/h6-10H,5,16H2,1-4H3. The molecule has 0 aliphatic carbocycles. The van der Waals surface area contributed by atoms with Crippen molar-refractivity contribution in [3.05, 3.63) is 35.7 Å². The van der Waals surface area contributed by atoms with Crippen molar-refractivity contribution in [1.29, 1.82) is 0 Å². The van der Waals surface area contributed by atoms with Gasteiger partial charge in [0.1, 0.15) is 17.3 Å². The Kier molecular flexibility index (Phi) is 3.41. The zero-order valence-corrected chi connectivity index (χ0v) is 11.6. The van der Waals surface area contributed by atoms with Crippen LogP contribution in [0.3, 0.4) is 0 Å². The largest absolute Gasteiger partial charge is 0.383 e. The van der Waals surface area contributed by atoms with Gasteiger partial charge >= 0.3 is 0 Å². The predicted molar refractivity (Wildman–Crippen MR) is 76.6 cm³/mol. The number of aryl methyl sites for hydroxylation is 2. The van der Waals surface area contributed by atoms with E-state index in [0.717, 1.165) is 29.3 Å². The van der Waals surface area contributed by atoms with Gasteiger partial charge in [-0.25, -0.2) is 4.98 Å². The fourth-order valence-electron chi connectivity index (χ4n) is 2.32. The van der Waals surface area contributed by atoms with Crippen molar-refractivity contribution < 1.29 is 0 Å². The van der Waals surface area contributed by atoms with Gasteiger partial charge in [0.25, 0.3) is 0 Å². The lowest BCUT2D eigenvalue weighted by Crippen LogP contribution is -2.08. The fraction of sp³-hybridized carbons (Fsp3) is 0.400. The Morgan fingerprint density at radius 3 is 2.56 bits per heavy atom. The van der Waals surface area contributed by atoms with Gasteiger partial charge in [-0.2, -0.15) is 0 Å². The van der Waals surface area contributed by atoms with E-state index in [4.69, 9.17) is 10.7 Å². The van der Waals surface area contributed by atoms with Crippen LogP contribution < -0.4 is 5.73 Å². The number of nitrogens with zero attached hydrogens (tertiary/aromatic N) is 2. The molecular weight excluding hydrogens is 222 g/mol. The van der Waals surface area contributed by atoms with Gasteiger partial charge in [0.15, 0.2) is 0 Å². The summed E-state index contributed by atoms with van der Waals surface area (Å²) in [5.74, 6) is 1.83. The van der Waals surface area contributed by atoms with Gasteiger partial charge in [-0.1, -0.05) is 30.7 Å². The van der Waals surface area contributed by atoms with Crippen molar-refractivity contribution in [2.75, 3.05) is 5.73 Å². The summed E-state index contributed by atoms with van der Waals surface area (Å²) in [4.78, 5) is 4.70. The van der Waals surface area contributed by atoms with Crippen LogP contribution in [0.4, 0.5) is 5.82 Å². The third-order valence-electron chi connectivity index (χ3n) is 3.15. The molecule has 2 rings (SSSR count). The molecule has 0 saturated heterocycles. The highest BCUT2D eigenvalue weighted by Gasteiger charge is 2.16. The van der Waals surface area contributed by atoms with E-state index in [1.165, 1.54) is 5.56 Å². The van der Waals surface area contributed by atoms with Gasteiger partial charge in [0.2, 0.25) is 0 Å². The first kappa shape index (κ1) is 12.7. The summed E-state index contributed by atoms with van der Waals surface area (Å²) >= 11 is 0. The van der Waals surface area contributed by atoms with Crippen LogP contribution >= 0.6 is 0 Å². The second kappa shape index (κ2) is 4.84. The van der Waals surface area contributed by atoms with Crippen LogP contribution in [0.15, 0.2) is 24.3 Å². The second-order valence-electron chi connectivity index (χ2n) is 4.95. The van der Waals surface area contributed by atoms with Crippen molar-refractivity contribution in [1.82, 2.24) is 9.55 Å². The van der Waals surface area contributed by atoms with Crippen LogP contribution in [0, 0.1) is 6.92 Å². The minimum atomic E-state index is 0.339. The van der Waals surface area contributed by atoms with E-state index < -0.39 is 0 Å². The maximum absolute atomic E-state index is 6.26. The van der Waals surface area contributed by atoms with Crippen LogP contribution in [0.25, 0.3) is 11.3 Å². The molecule has 1 aromatic carbocycles. The summed E-state index contributed by atoms with van der Waals surface area (Å²) in [7, 11) is 0. The molecule has 0 amide bonds. The van der Waals surface area contributed by atoms with Crippen LogP contribution in [-0.4, -0.2) is 9.55 Å². The molecule has 3 heteroatoms. The molecule has 0 fully saturated rings. The Labute approximate surface area is 109 Å². The molecule has 0 aliphatic rings. The lowest BCUT2D eigenvalue weighted by molar-refractivity contribution is 0.579. The molecule has 0 unspecified atom stereocenters. The van der Waals surface area contributed by atoms with E-state index in [-0.39, 0.29) is 0 Å². The van der Waals surface area contributed by atoms with Gasteiger partial charge in [-0.05, 0) is 26.8 Å². The predicted octanol–water partition coefficient (Wildman–Crippen LogP) is 3.58. The third kappa shape index (κ3) is 2.13. The molecule has 3 nitrogen and oxygen atoms in total. The Hall–Kier alpha value is -1.77. The van der Waals surface area contributed by atoms with E-state index in [1.54, 1.807) is 0 Å². The number of benzene rings is 1. The number of aromatic nitrogens is 2. The summed E-state index contributed by atoms with van der Waals surface area (Å²) in [6, 6.07) is 8.66. The second-order valence-corrected chi connectivity index (χ2v) is 4.95. The smallest absolute Gasteiger partial charge is 0.131 e. The number of nitrogen functional groups attached to an aromatic ring is 1. The fourth-order valence-corrected chi connectivity index (χ4v) is 2.32. The molecule has 2 aromatic rings. The molecule has 0 saturated carbocycles. The van der Waals surface area contributed by atoms with Gasteiger partial charge in [0.05, 0.1) is 0 Å². The van der Waals surface area contributed by atoms with Crippen molar-refractivity contribution >= 4 is 5.82 Å². The highest BCUT2D eigenvalue weighted by Crippen LogP contribution is 2.29. The first-order valence-corrected chi connectivity index (χ1v) is 6.48. The van der Waals surface area contributed by atoms with Crippen LogP contribution in [-0.2, 0) is 6.42 Å². The molecule has 0 spiro atoms. The van der Waals surface area contributed by atoms with Crippen LogP contribution in [0.1, 0.15) is 38.2 Å². The molecule has 0 atom stereocenters. The quantitative estimate of drug-likeness (QED) is 0.895. The average molecular weight is 243 g/mol. The van der Waals surface area contributed by atoms with Crippen molar-refractivity contribution in [3.8, 4) is 11.3 Å². The Morgan fingerprint density at radius 2 is 2.06 bits per heavy atom. The monoisotopic (exact) mass is 243 g/mol. The molecule has 2 N–H and O–H groups in total. The lowest BCUT2D eigenvalue weighted by Gasteiger charge is -2.12. The Balaban J connectivity index is 2.59. The maximum Gasteiger partial charge on any atom is 0.131 e. The SMILES string of the molecule is CCc1nc(-c2cccc(C)c2)c(N)n1C(C)C. The highest BCUT2D eigenvalue weighted by molar-refractivity contribution is 5.71. The highest BCUT2D eigenvalue weighted by atomic mass is 15.2. The van der Waals surface area contributed by atoms with Gasteiger partial charge in [0, 0.05) is 18.0 Å². The van der Waals surface area contributed by atoms with Crippen molar-refractivity contribution in [3.63, 3.8) is 0 Å². The molecule has 1 heterocycles. The van der Waals surface area contributed by atoms with Crippen molar-refractivity contribution in [2.24, 2.45) is 0 Å². The van der Waals surface area contributed by atoms with E-state index in [0.29, 0.717) is 6.04 Å². The topological polar surface area (TPSA) is 43.8 Å². The minimum Gasteiger partial charge on any atom is -0.383 e. The Morgan fingerprint density at radius 1 is 1.33 bits per heavy atom. The lowest BCUT2D eigenvalue weighted by atomic mass is 10.1. The molecule has 18 heavy (non-hydrogen) atoms. The van der Waals surface area contributed by atoms with Gasteiger partial charge in [-0.3, -0.25) is 0 Å². The zero-order valence-electron chi connectivity index (χ0n) is 11.6. The van der Waals surface area contributed by atoms with Crippen LogP contribution in [0.2, 0.25) is 0 Å². The number of rotatable bonds is 3. The third-order valence-corrected chi connectivity index (χ3v) is 3.15. The van der Waals surface area contributed by atoms with Gasteiger partial charge < -0.3 is 10.3 Å². The van der Waals surface area contributed by atoms with E-state index >= 15 is 0 Å². The first-order valence-electron chi connectivity index (χ1n) is 6.48. The molecule has 0 bridgehead atoms. The zero-order chi connectivity index (χ0) is 13.3. The normalized spacial score (nSPS) is 11.2. The molecular formula is C15H21N3. The number of nitrogens with two attached hydrogens (primary N) is 1. The molecule has 96 valence electrons. The molecule has 1 aromatic heterocycles. The summed E-state index contributed by atoms with van der Waals surface area (Å²) in [5, 5.41) is 0. The molecule has 0 radical (unpaired) electrons. The van der Waals surface area contributed by atoms with E-state index in [9.17, 15) is 0 Å². The number of hydrogen-bond acceptors (Lipinski definition) is 2. The summed E-state index contributed by atoms with van der Waals surface area (Å²) in [6.07, 6.45) is 0.897. The summed E-state index contributed by atoms with van der Waals surface area (Å²) < 4.78 is 2.12. The maximum atomic E-state index is 6.26. The average Bonchev–Trinajstić information content (AvgIpc) is 2.66. The number of hydrogen-bond donors (Lipinski definition) is 1. The van der Waals surface area contributed by atoms with Gasteiger partial charge in [-0.15, -0.1) is 0 Å². The summed E-state index contributed by atoms with van der Waals surface area (Å²) in [5.41, 5.74) is 9.49. The van der Waals surface area contributed by atoms with E-state index in [2.05, 4.69) is 50.5 Å². The number of imidazole rings is 1. The first-order chi connectivity index (χ1) is 8.54.